The van der Waals surface area contributed by atoms with E-state index in [0.29, 0.717) is 49.6 Å². The van der Waals surface area contributed by atoms with E-state index < -0.39 is 48.1 Å². The van der Waals surface area contributed by atoms with Crippen LogP contribution in [0.5, 0.6) is 0 Å². The molecule has 3 aliphatic heterocycles. The number of nitrogens with zero attached hydrogens (tertiary/aromatic N) is 3. The number of amides is 4. The molecule has 5 rings (SSSR count). The van der Waals surface area contributed by atoms with E-state index in [-0.39, 0.29) is 28.1 Å². The lowest BCUT2D eigenvalue weighted by molar-refractivity contribution is -0.148. The lowest BCUT2D eigenvalue weighted by Crippen LogP contribution is -2.59. The van der Waals surface area contributed by atoms with Crippen molar-refractivity contribution in [3.8, 4) is 0 Å². The third-order valence-corrected chi connectivity index (χ3v) is 11.3. The van der Waals surface area contributed by atoms with Gasteiger partial charge in [0.1, 0.15) is 12.1 Å². The first-order valence-electron chi connectivity index (χ1n) is 15.0. The van der Waals surface area contributed by atoms with Crippen LogP contribution in [0.4, 0.5) is 8.78 Å². The number of hydrogen-bond donors (Lipinski definition) is 3. The number of carbonyl (C=O) groups excluding carboxylic acids is 4. The maximum atomic E-state index is 14.3. The molecule has 3 N–H and O–H groups in total. The number of likely N-dealkylation sites (tertiary alicyclic amines) is 3. The molecule has 3 aliphatic rings. The zero-order chi connectivity index (χ0) is 33.1. The second-order valence-electron chi connectivity index (χ2n) is 13.3. The monoisotopic (exact) mass is 668 g/mol. The Balaban J connectivity index is 1.32. The molecule has 4 heterocycles. The number of carbonyl (C=O) groups is 4. The highest BCUT2D eigenvalue weighted by molar-refractivity contribution is 7.52. The summed E-state index contributed by atoms with van der Waals surface area (Å²) >= 11 is 0.998. The number of thiophene rings is 1. The minimum absolute atomic E-state index is 0.00335. The number of rotatable bonds is 6. The lowest BCUT2D eigenvalue weighted by atomic mass is 9.85. The van der Waals surface area contributed by atoms with Crippen molar-refractivity contribution in [3.63, 3.8) is 0 Å². The van der Waals surface area contributed by atoms with Crippen LogP contribution in [0.25, 0.3) is 10.1 Å². The summed E-state index contributed by atoms with van der Waals surface area (Å²) in [6, 6.07) is 2.77. The number of nitrogens with one attached hydrogen (secondary N) is 1. The van der Waals surface area contributed by atoms with E-state index in [1.807, 2.05) is 4.90 Å². The van der Waals surface area contributed by atoms with Gasteiger partial charge in [-0.2, -0.15) is 8.78 Å². The molecule has 2 aromatic rings. The molecular weight excluding hydrogens is 629 g/mol. The van der Waals surface area contributed by atoms with E-state index >= 15 is 0 Å². The van der Waals surface area contributed by atoms with Crippen molar-refractivity contribution in [1.82, 2.24) is 20.0 Å². The largest absolute Gasteiger partial charge is 0.399 e. The minimum atomic E-state index is -5.77. The first-order valence-corrected chi connectivity index (χ1v) is 17.5. The highest BCUT2D eigenvalue weighted by Crippen LogP contribution is 2.59. The van der Waals surface area contributed by atoms with Crippen LogP contribution in [0.3, 0.4) is 0 Å². The summed E-state index contributed by atoms with van der Waals surface area (Å²) in [5, 5.41) is 3.01. The second kappa shape index (κ2) is 12.0. The topological polar surface area (TPSA) is 148 Å². The maximum absolute atomic E-state index is 14.3. The molecule has 4 amide bonds. The Labute approximate surface area is 264 Å². The SMILES string of the molecule is CC(=O)N1CC[C@@H]2CCN(C(=O)[C@@H]3CCCN3C(=O)[C@@H](NC(=O)c3cc4cc(C(F)(F)P(=O)(O)O)ccc4s3)C(C)(C)C)C[C@@H]21. The third-order valence-electron chi connectivity index (χ3n) is 9.24. The van der Waals surface area contributed by atoms with E-state index in [1.165, 1.54) is 12.1 Å². The van der Waals surface area contributed by atoms with Gasteiger partial charge >= 0.3 is 13.3 Å². The van der Waals surface area contributed by atoms with Crippen molar-refractivity contribution in [3.05, 3.63) is 34.7 Å². The Bertz CT molecular complexity index is 1570. The van der Waals surface area contributed by atoms with Crippen LogP contribution in [-0.4, -0.2) is 92.4 Å². The number of hydrogen-bond acceptors (Lipinski definition) is 6. The molecule has 1 aromatic carbocycles. The molecule has 246 valence electrons. The molecule has 45 heavy (non-hydrogen) atoms. The first-order chi connectivity index (χ1) is 20.9. The van der Waals surface area contributed by atoms with Crippen LogP contribution in [0.15, 0.2) is 24.3 Å². The van der Waals surface area contributed by atoms with Gasteiger partial charge in [0.25, 0.3) is 5.91 Å². The van der Waals surface area contributed by atoms with Crippen molar-refractivity contribution in [2.24, 2.45) is 11.3 Å². The van der Waals surface area contributed by atoms with Gasteiger partial charge in [-0.3, -0.25) is 23.7 Å². The van der Waals surface area contributed by atoms with Crippen molar-refractivity contribution in [1.29, 1.82) is 0 Å². The number of halogens is 2. The van der Waals surface area contributed by atoms with Crippen LogP contribution in [0, 0.1) is 11.3 Å². The van der Waals surface area contributed by atoms with Crippen molar-refractivity contribution in [2.45, 2.75) is 77.2 Å². The van der Waals surface area contributed by atoms with Gasteiger partial charge in [0.2, 0.25) is 17.7 Å². The Morgan fingerprint density at radius 3 is 2.36 bits per heavy atom. The van der Waals surface area contributed by atoms with Crippen LogP contribution in [0.1, 0.15) is 68.6 Å². The number of fused-ring (bicyclic) bond motifs is 2. The molecule has 1 aromatic heterocycles. The summed E-state index contributed by atoms with van der Waals surface area (Å²) in [6.45, 7) is 8.99. The van der Waals surface area contributed by atoms with Crippen LogP contribution < -0.4 is 5.32 Å². The number of piperidine rings is 1. The normalized spacial score (nSPS) is 23.3. The molecule has 0 spiro atoms. The van der Waals surface area contributed by atoms with E-state index in [9.17, 15) is 32.5 Å². The summed E-state index contributed by atoms with van der Waals surface area (Å²) in [7, 11) is -5.77. The zero-order valence-corrected chi connectivity index (χ0v) is 27.4. The highest BCUT2D eigenvalue weighted by atomic mass is 32.1. The zero-order valence-electron chi connectivity index (χ0n) is 25.7. The molecule has 0 saturated carbocycles. The summed E-state index contributed by atoms with van der Waals surface area (Å²) in [5.41, 5.74) is -6.01. The average Bonchev–Trinajstić information content (AvgIpc) is 3.71. The van der Waals surface area contributed by atoms with Gasteiger partial charge < -0.3 is 29.8 Å². The fraction of sp³-hybridized carbons (Fsp3) is 0.600. The Hall–Kier alpha value is -2.93. The predicted octanol–water partition coefficient (Wildman–Crippen LogP) is 3.73. The van der Waals surface area contributed by atoms with Crippen molar-refractivity contribution < 1.29 is 42.3 Å². The van der Waals surface area contributed by atoms with Gasteiger partial charge in [-0.15, -0.1) is 11.3 Å². The summed E-state index contributed by atoms with van der Waals surface area (Å²) in [6.07, 6.45) is 2.85. The Kier molecular flexibility index (Phi) is 8.93. The maximum Gasteiger partial charge on any atom is 0.399 e. The van der Waals surface area contributed by atoms with E-state index in [0.717, 1.165) is 36.3 Å². The van der Waals surface area contributed by atoms with Crippen molar-refractivity contribution >= 4 is 52.6 Å². The fourth-order valence-electron chi connectivity index (χ4n) is 6.76. The highest BCUT2D eigenvalue weighted by Gasteiger charge is 2.50. The number of alkyl halides is 2. The van der Waals surface area contributed by atoms with Gasteiger partial charge in [-0.05, 0) is 60.6 Å². The standard InChI is InChI=1S/C30H39F2N4O7PS/c1-17(37)35-13-10-18-9-12-34(16-22(18)35)27(39)21-6-5-11-36(21)28(40)25(29(2,3)4)33-26(38)24-15-19-14-20(7-8-23(19)45-24)30(31,32)44(41,42)43/h7-8,14-15,18,21-22,25H,5-6,9-13,16H2,1-4H3,(H,33,38)(H2,41,42,43)/t18-,21-,22-,25+/m0/s1. The average molecular weight is 669 g/mol. The summed E-state index contributed by atoms with van der Waals surface area (Å²) in [4.78, 5) is 76.9. The summed E-state index contributed by atoms with van der Waals surface area (Å²) in [5.74, 6) is -0.791. The van der Waals surface area contributed by atoms with Crippen LogP contribution in [-0.2, 0) is 24.6 Å². The molecule has 15 heteroatoms. The van der Waals surface area contributed by atoms with E-state index in [1.54, 1.807) is 37.5 Å². The van der Waals surface area contributed by atoms with E-state index in [4.69, 9.17) is 9.79 Å². The Morgan fingerprint density at radius 2 is 1.71 bits per heavy atom. The molecule has 0 aliphatic carbocycles. The number of benzene rings is 1. The van der Waals surface area contributed by atoms with Crippen LogP contribution >= 0.6 is 18.9 Å². The molecular formula is C30H39F2N4O7PS. The van der Waals surface area contributed by atoms with Gasteiger partial charge in [0, 0.05) is 43.4 Å². The van der Waals surface area contributed by atoms with Gasteiger partial charge in [-0.25, -0.2) is 0 Å². The Morgan fingerprint density at radius 1 is 1.02 bits per heavy atom. The molecule has 4 atom stereocenters. The lowest BCUT2D eigenvalue weighted by Gasteiger charge is -2.41. The van der Waals surface area contributed by atoms with E-state index in [2.05, 4.69) is 5.32 Å². The summed E-state index contributed by atoms with van der Waals surface area (Å²) < 4.78 is 40.4. The smallest absolute Gasteiger partial charge is 0.339 e. The van der Waals surface area contributed by atoms with Gasteiger partial charge in [0.15, 0.2) is 0 Å². The van der Waals surface area contributed by atoms with Crippen molar-refractivity contribution in [2.75, 3.05) is 26.2 Å². The van der Waals surface area contributed by atoms with Gasteiger partial charge in [-0.1, -0.05) is 26.8 Å². The quantitative estimate of drug-likeness (QED) is 0.398. The molecule has 11 nitrogen and oxygen atoms in total. The predicted molar refractivity (Wildman–Crippen MR) is 164 cm³/mol. The molecule has 3 saturated heterocycles. The second-order valence-corrected chi connectivity index (χ2v) is 16.0. The van der Waals surface area contributed by atoms with Crippen LogP contribution in [0.2, 0.25) is 0 Å². The molecule has 3 fully saturated rings. The minimum Gasteiger partial charge on any atom is -0.339 e. The molecule has 0 radical (unpaired) electrons. The fourth-order valence-corrected chi connectivity index (χ4v) is 8.18. The molecule has 0 bridgehead atoms. The third kappa shape index (κ3) is 6.39. The van der Waals surface area contributed by atoms with Gasteiger partial charge in [0.05, 0.1) is 10.9 Å². The molecule has 0 unspecified atom stereocenters. The first kappa shape index (κ1) is 33.4.